The van der Waals surface area contributed by atoms with Crippen molar-refractivity contribution in [2.75, 3.05) is 14.1 Å². The quantitative estimate of drug-likeness (QED) is 0.748. The Morgan fingerprint density at radius 2 is 2.00 bits per heavy atom. The second kappa shape index (κ2) is 5.55. The highest BCUT2D eigenvalue weighted by molar-refractivity contribution is 5.96. The maximum atomic E-state index is 11.9. The molecule has 0 aliphatic rings. The fourth-order valence-electron chi connectivity index (χ4n) is 1.57. The van der Waals surface area contributed by atoms with E-state index in [2.05, 4.69) is 10.1 Å². The number of benzene rings is 1. The predicted octanol–water partition coefficient (Wildman–Crippen LogP) is 1.56. The molecule has 0 amide bonds. The summed E-state index contributed by atoms with van der Waals surface area (Å²) >= 11 is 0. The second-order valence-corrected chi connectivity index (χ2v) is 4.31. The lowest BCUT2D eigenvalue weighted by molar-refractivity contribution is 0.0983. The van der Waals surface area contributed by atoms with Crippen LogP contribution in [0.5, 0.6) is 0 Å². The van der Waals surface area contributed by atoms with Crippen LogP contribution in [-0.4, -0.2) is 34.9 Å². The molecule has 5 heteroatoms. The molecule has 0 aliphatic carbocycles. The Hall–Kier alpha value is -2.01. The number of carbonyl (C=O) groups is 1. The monoisotopic (exact) mass is 245 g/mol. The fourth-order valence-corrected chi connectivity index (χ4v) is 1.57. The highest BCUT2D eigenvalue weighted by Gasteiger charge is 2.13. The number of hydrogen-bond acceptors (Lipinski definition) is 5. The highest BCUT2D eigenvalue weighted by Crippen LogP contribution is 2.06. The van der Waals surface area contributed by atoms with E-state index in [1.807, 2.05) is 37.2 Å². The topological polar surface area (TPSA) is 59.2 Å². The maximum Gasteiger partial charge on any atom is 0.234 e. The van der Waals surface area contributed by atoms with Gasteiger partial charge in [-0.25, -0.2) is 0 Å². The van der Waals surface area contributed by atoms with E-state index in [4.69, 9.17) is 4.52 Å². The third kappa shape index (κ3) is 3.24. The molecule has 0 N–H and O–H groups in total. The molecule has 1 heterocycles. The van der Waals surface area contributed by atoms with E-state index >= 15 is 0 Å². The van der Waals surface area contributed by atoms with Crippen molar-refractivity contribution in [3.63, 3.8) is 0 Å². The Kier molecular flexibility index (Phi) is 3.84. The Morgan fingerprint density at radius 3 is 2.67 bits per heavy atom. The predicted molar refractivity (Wildman–Crippen MR) is 66.2 cm³/mol. The number of nitrogens with zero attached hydrogens (tertiary/aromatic N) is 3. The first-order valence-corrected chi connectivity index (χ1v) is 5.69. The summed E-state index contributed by atoms with van der Waals surface area (Å²) in [6.07, 6.45) is 0.143. The lowest BCUT2D eigenvalue weighted by Gasteiger charge is -2.03. The summed E-state index contributed by atoms with van der Waals surface area (Å²) in [7, 11) is 3.84. The molecule has 5 nitrogen and oxygen atoms in total. The van der Waals surface area contributed by atoms with Crippen LogP contribution < -0.4 is 0 Å². The molecule has 94 valence electrons. The summed E-state index contributed by atoms with van der Waals surface area (Å²) in [4.78, 5) is 18.0. The number of hydrogen-bond donors (Lipinski definition) is 0. The lowest BCUT2D eigenvalue weighted by atomic mass is 10.1. The molecule has 0 fully saturated rings. The molecule has 0 saturated carbocycles. The van der Waals surface area contributed by atoms with Gasteiger partial charge in [-0.05, 0) is 14.1 Å². The minimum Gasteiger partial charge on any atom is -0.339 e. The molecule has 0 radical (unpaired) electrons. The van der Waals surface area contributed by atoms with Gasteiger partial charge in [0.1, 0.15) is 0 Å². The minimum absolute atomic E-state index is 0.0179. The highest BCUT2D eigenvalue weighted by atomic mass is 16.5. The van der Waals surface area contributed by atoms with Crippen LogP contribution in [0.4, 0.5) is 0 Å². The summed E-state index contributed by atoms with van der Waals surface area (Å²) in [5.41, 5.74) is 0.657. The zero-order valence-electron chi connectivity index (χ0n) is 10.5. The van der Waals surface area contributed by atoms with Crippen LogP contribution in [-0.2, 0) is 13.0 Å². The average molecular weight is 245 g/mol. The summed E-state index contributed by atoms with van der Waals surface area (Å²) in [5.74, 6) is 0.937. The molecule has 0 aliphatic heterocycles. The Balaban J connectivity index is 2.01. The van der Waals surface area contributed by atoms with Crippen LogP contribution in [0.25, 0.3) is 0 Å². The molecular weight excluding hydrogens is 230 g/mol. The molecule has 2 aromatic rings. The molecule has 0 spiro atoms. The van der Waals surface area contributed by atoms with Crippen molar-refractivity contribution in [3.05, 3.63) is 47.6 Å². The van der Waals surface area contributed by atoms with Gasteiger partial charge in [0.05, 0.1) is 13.0 Å². The Labute approximate surface area is 105 Å². The molecular formula is C13H15N3O2. The number of ketones is 1. The normalized spacial score (nSPS) is 10.8. The molecule has 0 atom stereocenters. The van der Waals surface area contributed by atoms with Crippen molar-refractivity contribution in [3.8, 4) is 0 Å². The van der Waals surface area contributed by atoms with Gasteiger partial charge in [-0.3, -0.25) is 4.79 Å². The largest absolute Gasteiger partial charge is 0.339 e. The average Bonchev–Trinajstić information content (AvgIpc) is 2.76. The van der Waals surface area contributed by atoms with Crippen LogP contribution in [0.3, 0.4) is 0 Å². The molecule has 18 heavy (non-hydrogen) atoms. The van der Waals surface area contributed by atoms with Crippen LogP contribution in [0.2, 0.25) is 0 Å². The van der Waals surface area contributed by atoms with Gasteiger partial charge in [-0.15, -0.1) is 0 Å². The van der Waals surface area contributed by atoms with Crippen molar-refractivity contribution in [1.29, 1.82) is 0 Å². The molecule has 1 aromatic carbocycles. The Bertz CT molecular complexity index is 520. The van der Waals surface area contributed by atoms with Gasteiger partial charge >= 0.3 is 0 Å². The van der Waals surface area contributed by atoms with Gasteiger partial charge in [-0.1, -0.05) is 35.5 Å². The standard InChI is InChI=1S/C13H15N3O2/c1-16(2)9-12-14-13(18-15-12)8-11(17)10-6-4-3-5-7-10/h3-7H,8-9H2,1-2H3. The molecule has 0 bridgehead atoms. The zero-order valence-corrected chi connectivity index (χ0v) is 10.5. The first-order valence-electron chi connectivity index (χ1n) is 5.69. The molecule has 1 aromatic heterocycles. The van der Waals surface area contributed by atoms with Gasteiger partial charge in [0.15, 0.2) is 11.6 Å². The van der Waals surface area contributed by atoms with E-state index < -0.39 is 0 Å². The number of rotatable bonds is 5. The summed E-state index contributed by atoms with van der Waals surface area (Å²) < 4.78 is 5.05. The van der Waals surface area contributed by atoms with Gasteiger partial charge < -0.3 is 9.42 Å². The Morgan fingerprint density at radius 1 is 1.28 bits per heavy atom. The first-order chi connectivity index (χ1) is 8.65. The fraction of sp³-hybridized carbons (Fsp3) is 0.308. The summed E-state index contributed by atoms with van der Waals surface area (Å²) in [6, 6.07) is 9.09. The number of Topliss-reactive ketones (excluding diaryl/α,β-unsaturated/α-hetero) is 1. The van der Waals surface area contributed by atoms with Gasteiger partial charge in [0.2, 0.25) is 5.89 Å². The third-order valence-corrected chi connectivity index (χ3v) is 2.38. The van der Waals surface area contributed by atoms with E-state index in [1.165, 1.54) is 0 Å². The summed E-state index contributed by atoms with van der Waals surface area (Å²) in [6.45, 7) is 0.600. The third-order valence-electron chi connectivity index (χ3n) is 2.38. The van der Waals surface area contributed by atoms with Crippen molar-refractivity contribution in [2.45, 2.75) is 13.0 Å². The number of aromatic nitrogens is 2. The zero-order chi connectivity index (χ0) is 13.0. The van der Waals surface area contributed by atoms with E-state index in [1.54, 1.807) is 12.1 Å². The van der Waals surface area contributed by atoms with E-state index in [9.17, 15) is 4.79 Å². The molecule has 2 rings (SSSR count). The van der Waals surface area contributed by atoms with Gasteiger partial charge in [-0.2, -0.15) is 4.98 Å². The van der Waals surface area contributed by atoms with Crippen LogP contribution in [0.1, 0.15) is 22.1 Å². The van der Waals surface area contributed by atoms with Crippen LogP contribution in [0, 0.1) is 0 Å². The lowest BCUT2D eigenvalue weighted by Crippen LogP contribution is -2.12. The molecule has 0 saturated heterocycles. The van der Waals surface area contributed by atoms with Gasteiger partial charge in [0, 0.05) is 5.56 Å². The SMILES string of the molecule is CN(C)Cc1noc(CC(=O)c2ccccc2)n1. The summed E-state index contributed by atoms with van der Waals surface area (Å²) in [5, 5.41) is 3.82. The smallest absolute Gasteiger partial charge is 0.234 e. The minimum atomic E-state index is -0.0179. The molecule has 0 unspecified atom stereocenters. The van der Waals surface area contributed by atoms with E-state index in [-0.39, 0.29) is 12.2 Å². The van der Waals surface area contributed by atoms with Crippen LogP contribution >= 0.6 is 0 Å². The van der Waals surface area contributed by atoms with Crippen LogP contribution in [0.15, 0.2) is 34.9 Å². The van der Waals surface area contributed by atoms with Crippen molar-refractivity contribution in [2.24, 2.45) is 0 Å². The van der Waals surface area contributed by atoms with Crippen molar-refractivity contribution < 1.29 is 9.32 Å². The van der Waals surface area contributed by atoms with Gasteiger partial charge in [0.25, 0.3) is 0 Å². The number of carbonyl (C=O) groups excluding carboxylic acids is 1. The van der Waals surface area contributed by atoms with Crippen molar-refractivity contribution >= 4 is 5.78 Å². The second-order valence-electron chi connectivity index (χ2n) is 4.31. The first kappa shape index (κ1) is 12.4. The maximum absolute atomic E-state index is 11.9. The van der Waals surface area contributed by atoms with E-state index in [0.29, 0.717) is 23.8 Å². The van der Waals surface area contributed by atoms with Crippen molar-refractivity contribution in [1.82, 2.24) is 15.0 Å². The van der Waals surface area contributed by atoms with E-state index in [0.717, 1.165) is 0 Å².